The van der Waals surface area contributed by atoms with Crippen LogP contribution in [0.1, 0.15) is 107 Å². The van der Waals surface area contributed by atoms with Crippen LogP contribution >= 0.6 is 0 Å². The normalized spacial score (nSPS) is 23.5. The molecule has 43 heavy (non-hydrogen) atoms. The molecule has 0 saturated heterocycles. The summed E-state index contributed by atoms with van der Waals surface area (Å²) in [4.78, 5) is 25.6. The van der Waals surface area contributed by atoms with Crippen LogP contribution in [0.2, 0.25) is 0 Å². The van der Waals surface area contributed by atoms with Crippen molar-refractivity contribution in [1.29, 1.82) is 0 Å². The zero-order valence-corrected chi connectivity index (χ0v) is 26.6. The summed E-state index contributed by atoms with van der Waals surface area (Å²) in [6, 6.07) is 10.6. The second-order valence-corrected chi connectivity index (χ2v) is 13.2. The number of aromatic nitrogens is 3. The summed E-state index contributed by atoms with van der Waals surface area (Å²) in [5.74, 6) is 3.33. The second kappa shape index (κ2) is 13.2. The van der Waals surface area contributed by atoms with Gasteiger partial charge in [-0.2, -0.15) is 4.98 Å². The molecule has 0 aliphatic heterocycles. The van der Waals surface area contributed by atoms with E-state index in [1.54, 1.807) is 13.3 Å². The van der Waals surface area contributed by atoms with Crippen LogP contribution in [0.3, 0.4) is 0 Å². The Morgan fingerprint density at radius 1 is 1.05 bits per heavy atom. The van der Waals surface area contributed by atoms with Crippen LogP contribution in [-0.2, 0) is 10.2 Å². The molecule has 3 aromatic rings. The van der Waals surface area contributed by atoms with E-state index in [4.69, 9.17) is 19.4 Å². The van der Waals surface area contributed by atoms with Crippen LogP contribution in [0.25, 0.3) is 11.4 Å². The van der Waals surface area contributed by atoms with E-state index in [0.29, 0.717) is 11.7 Å². The number of benzene rings is 1. The van der Waals surface area contributed by atoms with Gasteiger partial charge in [-0.05, 0) is 98.4 Å². The molecule has 4 saturated carbocycles. The average molecular weight is 589 g/mol. The quantitative estimate of drug-likeness (QED) is 0.293. The van der Waals surface area contributed by atoms with Crippen LogP contribution in [0, 0.1) is 18.3 Å². The molecule has 232 valence electrons. The molecule has 0 unspecified atom stereocenters. The van der Waals surface area contributed by atoms with E-state index in [-0.39, 0.29) is 28.6 Å². The highest BCUT2D eigenvalue weighted by molar-refractivity contribution is 5.94. The number of methoxy groups -OCH3 is 1. The third-order valence-corrected chi connectivity index (χ3v) is 10.3. The summed E-state index contributed by atoms with van der Waals surface area (Å²) in [5.41, 5.74) is 3.86. The SMILES string of the molecule is CO.COc1ccc(C23CCC(CN(C(=O)C4CCCCC4)c4cc(-c5noc(C(C)C)n5)ccn4)(CC2)CC3)cc1C. The number of hydrogen-bond acceptors (Lipinski definition) is 7. The number of ether oxygens (including phenoxy) is 1. The van der Waals surface area contributed by atoms with Crippen molar-refractivity contribution in [1.82, 2.24) is 15.1 Å². The van der Waals surface area contributed by atoms with Crippen LogP contribution in [0.5, 0.6) is 5.75 Å². The van der Waals surface area contributed by atoms with Gasteiger partial charge in [-0.3, -0.25) is 9.69 Å². The van der Waals surface area contributed by atoms with E-state index in [9.17, 15) is 4.79 Å². The second-order valence-electron chi connectivity index (χ2n) is 13.2. The fraction of sp³-hybridized carbons (Fsp3) is 0.600. The summed E-state index contributed by atoms with van der Waals surface area (Å²) in [6.45, 7) is 6.96. The highest BCUT2D eigenvalue weighted by Crippen LogP contribution is 2.58. The van der Waals surface area contributed by atoms with Crippen LogP contribution in [0.4, 0.5) is 5.82 Å². The predicted molar refractivity (Wildman–Crippen MR) is 168 cm³/mol. The minimum atomic E-state index is 0.0804. The molecule has 8 heteroatoms. The number of carbonyl (C=O) groups is 1. The maximum Gasteiger partial charge on any atom is 0.231 e. The van der Waals surface area contributed by atoms with Crippen molar-refractivity contribution in [3.8, 4) is 17.1 Å². The van der Waals surface area contributed by atoms with Crippen molar-refractivity contribution in [3.63, 3.8) is 0 Å². The zero-order valence-electron chi connectivity index (χ0n) is 26.6. The maximum atomic E-state index is 14.2. The molecule has 2 heterocycles. The number of hydrogen-bond donors (Lipinski definition) is 1. The standard InChI is InChI=1S/C34H44N4O3.CH4O/c1-23(2)31-36-30(37-41-31)26-12-19-35-29(21-26)38(32(39)25-8-6-5-7-9-25)22-33-13-16-34(17-14-33,18-15-33)27-10-11-28(40-4)24(3)20-27;1-2/h10-12,19-21,23,25H,5-9,13-18,22H2,1-4H3;2H,1H3. The van der Waals surface area contributed by atoms with Gasteiger partial charge in [0.05, 0.1) is 7.11 Å². The lowest BCUT2D eigenvalue weighted by Crippen LogP contribution is -2.51. The molecule has 4 aliphatic carbocycles. The molecule has 1 amide bonds. The third-order valence-electron chi connectivity index (χ3n) is 10.3. The van der Waals surface area contributed by atoms with E-state index < -0.39 is 0 Å². The Morgan fingerprint density at radius 3 is 2.35 bits per heavy atom. The first kappa shape index (κ1) is 31.2. The molecule has 4 aliphatic rings. The summed E-state index contributed by atoms with van der Waals surface area (Å²) < 4.78 is 11.0. The lowest BCUT2D eigenvalue weighted by molar-refractivity contribution is -0.124. The van der Waals surface area contributed by atoms with Crippen molar-refractivity contribution in [2.45, 2.75) is 103 Å². The van der Waals surface area contributed by atoms with Crippen molar-refractivity contribution in [2.24, 2.45) is 11.3 Å². The molecular formula is C35H48N4O4. The Kier molecular flexibility index (Phi) is 9.54. The first-order valence-corrected chi connectivity index (χ1v) is 16.0. The summed E-state index contributed by atoms with van der Waals surface area (Å²) >= 11 is 0. The molecule has 0 atom stereocenters. The lowest BCUT2D eigenvalue weighted by atomic mass is 9.51. The number of aliphatic hydroxyl groups excluding tert-OH is 1. The molecule has 0 spiro atoms. The van der Waals surface area contributed by atoms with Gasteiger partial charge >= 0.3 is 0 Å². The number of anilines is 1. The van der Waals surface area contributed by atoms with Gasteiger partial charge in [0.2, 0.25) is 17.6 Å². The molecule has 2 bridgehead atoms. The predicted octanol–water partition coefficient (Wildman–Crippen LogP) is 7.39. The average Bonchev–Trinajstić information content (AvgIpc) is 3.57. The Morgan fingerprint density at radius 2 is 1.74 bits per heavy atom. The van der Waals surface area contributed by atoms with Crippen LogP contribution in [0.15, 0.2) is 41.1 Å². The highest BCUT2D eigenvalue weighted by atomic mass is 16.5. The van der Waals surface area contributed by atoms with Crippen LogP contribution in [-0.4, -0.2) is 46.9 Å². The Labute approximate surface area is 256 Å². The van der Waals surface area contributed by atoms with E-state index in [0.717, 1.165) is 75.7 Å². The van der Waals surface area contributed by atoms with Crippen LogP contribution < -0.4 is 9.64 Å². The Balaban J connectivity index is 0.00000180. The molecular weight excluding hydrogens is 540 g/mol. The van der Waals surface area contributed by atoms with Gasteiger partial charge in [0.15, 0.2) is 0 Å². The zero-order chi connectivity index (χ0) is 30.6. The summed E-state index contributed by atoms with van der Waals surface area (Å²) in [6.07, 6.45) is 14.1. The van der Waals surface area contributed by atoms with Gasteiger partial charge in [-0.15, -0.1) is 0 Å². The van der Waals surface area contributed by atoms with Gasteiger partial charge < -0.3 is 14.4 Å². The van der Waals surface area contributed by atoms with Gasteiger partial charge in [0.25, 0.3) is 0 Å². The number of pyridine rings is 1. The molecule has 4 fully saturated rings. The minimum absolute atomic E-state index is 0.0804. The van der Waals surface area contributed by atoms with Crippen molar-refractivity contribution in [2.75, 3.05) is 25.7 Å². The number of aliphatic hydroxyl groups is 1. The van der Waals surface area contributed by atoms with Gasteiger partial charge in [0.1, 0.15) is 11.6 Å². The molecule has 0 radical (unpaired) electrons. The molecule has 2 aromatic heterocycles. The maximum absolute atomic E-state index is 14.2. The van der Waals surface area contributed by atoms with E-state index >= 15 is 0 Å². The summed E-state index contributed by atoms with van der Waals surface area (Å²) in [5, 5.41) is 11.2. The van der Waals surface area contributed by atoms with Crippen molar-refractivity contribution < 1.29 is 19.2 Å². The fourth-order valence-corrected chi connectivity index (χ4v) is 7.61. The summed E-state index contributed by atoms with van der Waals surface area (Å²) in [7, 11) is 2.74. The lowest BCUT2D eigenvalue weighted by Gasteiger charge is -2.55. The third kappa shape index (κ3) is 6.35. The molecule has 7 rings (SSSR count). The van der Waals surface area contributed by atoms with Gasteiger partial charge in [-0.1, -0.05) is 50.4 Å². The smallest absolute Gasteiger partial charge is 0.231 e. The first-order chi connectivity index (χ1) is 20.8. The minimum Gasteiger partial charge on any atom is -0.496 e. The number of aryl methyl sites for hydroxylation is 1. The highest BCUT2D eigenvalue weighted by Gasteiger charge is 2.50. The van der Waals surface area contributed by atoms with Crippen molar-refractivity contribution in [3.05, 3.63) is 53.5 Å². The molecule has 1 N–H and O–H groups in total. The number of carbonyl (C=O) groups excluding carboxylic acids is 1. The van der Waals surface area contributed by atoms with Crippen molar-refractivity contribution >= 4 is 11.7 Å². The van der Waals surface area contributed by atoms with Gasteiger partial charge in [-0.25, -0.2) is 4.98 Å². The Bertz CT molecular complexity index is 1370. The van der Waals surface area contributed by atoms with E-state index in [2.05, 4.69) is 35.3 Å². The monoisotopic (exact) mass is 588 g/mol. The largest absolute Gasteiger partial charge is 0.496 e. The fourth-order valence-electron chi connectivity index (χ4n) is 7.61. The van der Waals surface area contributed by atoms with Gasteiger partial charge in [0, 0.05) is 37.3 Å². The van der Waals surface area contributed by atoms with E-state index in [1.807, 2.05) is 30.9 Å². The molecule has 8 nitrogen and oxygen atoms in total. The Hall–Kier alpha value is -3.26. The number of amides is 1. The van der Waals surface area contributed by atoms with E-state index in [1.165, 1.54) is 36.8 Å². The first-order valence-electron chi connectivity index (χ1n) is 16.0. The number of fused-ring (bicyclic) bond motifs is 3. The topological polar surface area (TPSA) is 102 Å². The molecule has 1 aromatic carbocycles. The number of nitrogens with zero attached hydrogens (tertiary/aromatic N) is 4. The number of rotatable bonds is 8.